The zero-order chi connectivity index (χ0) is 13.9. The molecule has 2 aromatic rings. The van der Waals surface area contributed by atoms with Crippen LogP contribution in [0.2, 0.25) is 0 Å². The van der Waals surface area contributed by atoms with E-state index in [4.69, 9.17) is 14.0 Å². The molecule has 6 heteroatoms. The van der Waals surface area contributed by atoms with Crippen LogP contribution in [0.1, 0.15) is 24.7 Å². The second kappa shape index (κ2) is 5.50. The van der Waals surface area contributed by atoms with Gasteiger partial charge in [0.2, 0.25) is 0 Å². The molecule has 106 valence electrons. The Bertz CT molecular complexity index is 591. The van der Waals surface area contributed by atoms with Gasteiger partial charge in [0.1, 0.15) is 11.5 Å². The lowest BCUT2D eigenvalue weighted by molar-refractivity contribution is 0.388. The SMILES string of the molecule is COc1ccc(-c2nc(C3CCCN3)no2)c(OC)c1. The maximum Gasteiger partial charge on any atom is 0.261 e. The van der Waals surface area contributed by atoms with Gasteiger partial charge in [0, 0.05) is 6.07 Å². The molecule has 1 aromatic carbocycles. The minimum atomic E-state index is 0.191. The molecule has 1 fully saturated rings. The topological polar surface area (TPSA) is 69.4 Å². The van der Waals surface area contributed by atoms with E-state index in [0.717, 1.165) is 30.7 Å². The molecule has 1 unspecified atom stereocenters. The van der Waals surface area contributed by atoms with E-state index < -0.39 is 0 Å². The fourth-order valence-corrected chi connectivity index (χ4v) is 2.37. The van der Waals surface area contributed by atoms with Crippen LogP contribution in [0.4, 0.5) is 0 Å². The third-order valence-corrected chi connectivity index (χ3v) is 3.45. The first-order chi connectivity index (χ1) is 9.81. The number of rotatable bonds is 4. The van der Waals surface area contributed by atoms with Crippen LogP contribution >= 0.6 is 0 Å². The Morgan fingerprint density at radius 1 is 1.30 bits per heavy atom. The molecule has 0 bridgehead atoms. The predicted molar refractivity (Wildman–Crippen MR) is 72.8 cm³/mol. The molecule has 0 spiro atoms. The number of hydrogen-bond acceptors (Lipinski definition) is 6. The maximum atomic E-state index is 5.36. The molecule has 0 radical (unpaired) electrons. The van der Waals surface area contributed by atoms with Crippen LogP contribution in [0.25, 0.3) is 11.5 Å². The normalized spacial score (nSPS) is 18.2. The minimum absolute atomic E-state index is 0.191. The van der Waals surface area contributed by atoms with E-state index >= 15 is 0 Å². The highest BCUT2D eigenvalue weighted by molar-refractivity contribution is 5.64. The molecule has 2 heterocycles. The van der Waals surface area contributed by atoms with Gasteiger partial charge in [0.05, 0.1) is 25.8 Å². The van der Waals surface area contributed by atoms with Crippen molar-refractivity contribution in [2.45, 2.75) is 18.9 Å². The summed E-state index contributed by atoms with van der Waals surface area (Å²) < 4.78 is 15.9. The number of aromatic nitrogens is 2. The molecular weight excluding hydrogens is 258 g/mol. The fourth-order valence-electron chi connectivity index (χ4n) is 2.37. The molecule has 0 saturated carbocycles. The van der Waals surface area contributed by atoms with E-state index in [1.807, 2.05) is 12.1 Å². The van der Waals surface area contributed by atoms with Gasteiger partial charge < -0.3 is 19.3 Å². The molecule has 0 amide bonds. The first kappa shape index (κ1) is 12.9. The second-order valence-corrected chi connectivity index (χ2v) is 4.67. The Labute approximate surface area is 117 Å². The summed E-state index contributed by atoms with van der Waals surface area (Å²) in [6, 6.07) is 5.69. The Hall–Kier alpha value is -2.08. The van der Waals surface area contributed by atoms with Gasteiger partial charge in [-0.25, -0.2) is 0 Å². The predicted octanol–water partition coefficient (Wildman–Crippen LogP) is 2.18. The van der Waals surface area contributed by atoms with Gasteiger partial charge in [-0.15, -0.1) is 0 Å². The van der Waals surface area contributed by atoms with Crippen molar-refractivity contribution in [2.24, 2.45) is 0 Å². The zero-order valence-corrected chi connectivity index (χ0v) is 11.5. The summed E-state index contributed by atoms with van der Waals surface area (Å²) in [7, 11) is 3.22. The molecule has 1 aliphatic rings. The largest absolute Gasteiger partial charge is 0.497 e. The molecule has 6 nitrogen and oxygen atoms in total. The van der Waals surface area contributed by atoms with Crippen molar-refractivity contribution in [3.05, 3.63) is 24.0 Å². The van der Waals surface area contributed by atoms with Crippen molar-refractivity contribution < 1.29 is 14.0 Å². The van der Waals surface area contributed by atoms with Crippen molar-refractivity contribution in [2.75, 3.05) is 20.8 Å². The Morgan fingerprint density at radius 2 is 2.20 bits per heavy atom. The van der Waals surface area contributed by atoms with E-state index in [0.29, 0.717) is 17.5 Å². The van der Waals surface area contributed by atoms with Gasteiger partial charge >= 0.3 is 0 Å². The summed E-state index contributed by atoms with van der Waals surface area (Å²) in [4.78, 5) is 4.47. The second-order valence-electron chi connectivity index (χ2n) is 4.67. The van der Waals surface area contributed by atoms with Crippen LogP contribution < -0.4 is 14.8 Å². The lowest BCUT2D eigenvalue weighted by Crippen LogP contribution is -2.14. The van der Waals surface area contributed by atoms with Gasteiger partial charge in [0.25, 0.3) is 5.89 Å². The summed E-state index contributed by atoms with van der Waals surface area (Å²) in [6.07, 6.45) is 2.18. The summed E-state index contributed by atoms with van der Waals surface area (Å²) >= 11 is 0. The summed E-state index contributed by atoms with van der Waals surface area (Å²) in [6.45, 7) is 1.00. The van der Waals surface area contributed by atoms with Gasteiger partial charge in [-0.3, -0.25) is 0 Å². The molecule has 1 atom stereocenters. The standard InChI is InChI=1S/C14H17N3O3/c1-18-9-5-6-10(12(8-9)19-2)14-16-13(17-20-14)11-4-3-7-15-11/h5-6,8,11,15H,3-4,7H2,1-2H3. The first-order valence-electron chi connectivity index (χ1n) is 6.61. The highest BCUT2D eigenvalue weighted by atomic mass is 16.5. The lowest BCUT2D eigenvalue weighted by Gasteiger charge is -2.07. The third kappa shape index (κ3) is 2.34. The fraction of sp³-hybridized carbons (Fsp3) is 0.429. The molecule has 0 aliphatic carbocycles. The summed E-state index contributed by atoms with van der Waals surface area (Å²) in [5.41, 5.74) is 0.769. The molecule has 1 saturated heterocycles. The number of hydrogen-bond donors (Lipinski definition) is 1. The van der Waals surface area contributed by atoms with Crippen molar-refractivity contribution in [3.63, 3.8) is 0 Å². The van der Waals surface area contributed by atoms with Crippen LogP contribution in [0, 0.1) is 0 Å². The molecule has 1 N–H and O–H groups in total. The van der Waals surface area contributed by atoms with Gasteiger partial charge in [0.15, 0.2) is 5.82 Å². The van der Waals surface area contributed by atoms with Crippen molar-refractivity contribution in [1.29, 1.82) is 0 Å². The monoisotopic (exact) mass is 275 g/mol. The zero-order valence-electron chi connectivity index (χ0n) is 11.5. The van der Waals surface area contributed by atoms with E-state index in [1.165, 1.54) is 0 Å². The van der Waals surface area contributed by atoms with E-state index in [1.54, 1.807) is 20.3 Å². The van der Waals surface area contributed by atoms with Crippen LogP contribution in [0.3, 0.4) is 0 Å². The summed E-state index contributed by atoms with van der Waals surface area (Å²) in [5, 5.41) is 7.41. The number of methoxy groups -OCH3 is 2. The van der Waals surface area contributed by atoms with E-state index in [9.17, 15) is 0 Å². The third-order valence-electron chi connectivity index (χ3n) is 3.45. The number of nitrogens with one attached hydrogen (secondary N) is 1. The maximum absolute atomic E-state index is 5.36. The van der Waals surface area contributed by atoms with Gasteiger partial charge in [-0.05, 0) is 31.5 Å². The van der Waals surface area contributed by atoms with Gasteiger partial charge in [-0.2, -0.15) is 4.98 Å². The molecule has 1 aliphatic heterocycles. The Kier molecular flexibility index (Phi) is 3.56. The average Bonchev–Trinajstić information content (AvgIpc) is 3.17. The molecule has 3 rings (SSSR count). The Balaban J connectivity index is 1.92. The highest BCUT2D eigenvalue weighted by Crippen LogP contribution is 2.33. The quantitative estimate of drug-likeness (QED) is 0.922. The van der Waals surface area contributed by atoms with E-state index in [-0.39, 0.29) is 6.04 Å². The smallest absolute Gasteiger partial charge is 0.261 e. The van der Waals surface area contributed by atoms with Crippen LogP contribution in [-0.4, -0.2) is 30.9 Å². The first-order valence-corrected chi connectivity index (χ1v) is 6.61. The minimum Gasteiger partial charge on any atom is -0.497 e. The van der Waals surface area contributed by atoms with Crippen molar-refractivity contribution in [3.8, 4) is 23.0 Å². The summed E-state index contributed by atoms with van der Waals surface area (Å²) in [5.74, 6) is 2.55. The Morgan fingerprint density at radius 3 is 2.90 bits per heavy atom. The van der Waals surface area contributed by atoms with Crippen molar-refractivity contribution in [1.82, 2.24) is 15.5 Å². The molecule has 1 aromatic heterocycles. The van der Waals surface area contributed by atoms with Crippen LogP contribution in [0.15, 0.2) is 22.7 Å². The number of benzene rings is 1. The van der Waals surface area contributed by atoms with Crippen molar-refractivity contribution >= 4 is 0 Å². The van der Waals surface area contributed by atoms with E-state index in [2.05, 4.69) is 15.5 Å². The van der Waals surface area contributed by atoms with Crippen LogP contribution in [-0.2, 0) is 0 Å². The highest BCUT2D eigenvalue weighted by Gasteiger charge is 2.23. The van der Waals surface area contributed by atoms with Gasteiger partial charge in [-0.1, -0.05) is 5.16 Å². The van der Waals surface area contributed by atoms with Crippen LogP contribution in [0.5, 0.6) is 11.5 Å². The molecule has 20 heavy (non-hydrogen) atoms. The average molecular weight is 275 g/mol. The number of ether oxygens (including phenoxy) is 2. The number of nitrogens with zero attached hydrogens (tertiary/aromatic N) is 2. The lowest BCUT2D eigenvalue weighted by atomic mass is 10.2. The molecular formula is C14H17N3O3.